The molecule has 0 aliphatic heterocycles. The summed E-state index contributed by atoms with van der Waals surface area (Å²) in [5.41, 5.74) is 0. The zero-order valence-electron chi connectivity index (χ0n) is 8.03. The number of rotatable bonds is 7. The highest BCUT2D eigenvalue weighted by atomic mass is 16.5. The minimum Gasteiger partial charge on any atom is -0.395 e. The quantitative estimate of drug-likeness (QED) is 0.572. The topological polar surface area (TPSA) is 49.8 Å². The SMILES string of the molecule is C=CCC(=O)N(CCO)CCOC. The van der Waals surface area contributed by atoms with Gasteiger partial charge in [0.15, 0.2) is 0 Å². The largest absolute Gasteiger partial charge is 0.395 e. The van der Waals surface area contributed by atoms with Crippen LogP contribution in [0.1, 0.15) is 6.42 Å². The van der Waals surface area contributed by atoms with Crippen LogP contribution in [0.5, 0.6) is 0 Å². The van der Waals surface area contributed by atoms with Crippen molar-refractivity contribution in [2.75, 3.05) is 33.4 Å². The van der Waals surface area contributed by atoms with Crippen LogP contribution in [-0.4, -0.2) is 49.3 Å². The Bertz CT molecular complexity index is 159. The van der Waals surface area contributed by atoms with Crippen LogP contribution in [0, 0.1) is 0 Å². The Kier molecular flexibility index (Phi) is 7.24. The van der Waals surface area contributed by atoms with E-state index in [9.17, 15) is 4.79 Å². The van der Waals surface area contributed by atoms with E-state index in [0.29, 0.717) is 26.1 Å². The number of aliphatic hydroxyl groups is 1. The second-order valence-electron chi connectivity index (χ2n) is 2.59. The van der Waals surface area contributed by atoms with Crippen LogP contribution in [0.3, 0.4) is 0 Å². The average molecular weight is 187 g/mol. The first kappa shape index (κ1) is 12.1. The maximum atomic E-state index is 11.3. The molecule has 0 spiro atoms. The molecule has 0 aliphatic rings. The fourth-order valence-corrected chi connectivity index (χ4v) is 0.936. The summed E-state index contributed by atoms with van der Waals surface area (Å²) in [6.07, 6.45) is 1.86. The van der Waals surface area contributed by atoms with E-state index in [0.717, 1.165) is 0 Å². The third-order valence-corrected chi connectivity index (χ3v) is 1.61. The highest BCUT2D eigenvalue weighted by molar-refractivity contribution is 5.77. The number of amides is 1. The molecule has 0 bridgehead atoms. The molecule has 76 valence electrons. The normalized spacial score (nSPS) is 9.69. The molecule has 4 heteroatoms. The molecule has 0 atom stereocenters. The number of aliphatic hydroxyl groups excluding tert-OH is 1. The third-order valence-electron chi connectivity index (χ3n) is 1.61. The number of hydrogen-bond acceptors (Lipinski definition) is 3. The molecule has 0 fully saturated rings. The van der Waals surface area contributed by atoms with Gasteiger partial charge in [0.2, 0.25) is 5.91 Å². The van der Waals surface area contributed by atoms with Gasteiger partial charge in [0, 0.05) is 26.6 Å². The van der Waals surface area contributed by atoms with E-state index >= 15 is 0 Å². The van der Waals surface area contributed by atoms with Gasteiger partial charge in [-0.05, 0) is 0 Å². The smallest absolute Gasteiger partial charge is 0.226 e. The molecule has 0 aromatic carbocycles. The molecule has 0 radical (unpaired) electrons. The van der Waals surface area contributed by atoms with Crippen molar-refractivity contribution in [3.8, 4) is 0 Å². The van der Waals surface area contributed by atoms with Crippen molar-refractivity contribution < 1.29 is 14.6 Å². The van der Waals surface area contributed by atoms with Gasteiger partial charge in [0.05, 0.1) is 13.2 Å². The van der Waals surface area contributed by atoms with E-state index in [1.807, 2.05) is 0 Å². The Balaban J connectivity index is 3.90. The van der Waals surface area contributed by atoms with Gasteiger partial charge in [0.1, 0.15) is 0 Å². The molecule has 0 rings (SSSR count). The fraction of sp³-hybridized carbons (Fsp3) is 0.667. The maximum Gasteiger partial charge on any atom is 0.226 e. The fourth-order valence-electron chi connectivity index (χ4n) is 0.936. The number of carbonyl (C=O) groups excluding carboxylic acids is 1. The molecular formula is C9H17NO3. The van der Waals surface area contributed by atoms with Gasteiger partial charge in [0.25, 0.3) is 0 Å². The summed E-state index contributed by atoms with van der Waals surface area (Å²) in [4.78, 5) is 12.9. The van der Waals surface area contributed by atoms with Crippen LogP contribution in [0.25, 0.3) is 0 Å². The predicted octanol–water partition coefficient (Wildman–Crippen LogP) is 0.0298. The van der Waals surface area contributed by atoms with E-state index in [4.69, 9.17) is 9.84 Å². The predicted molar refractivity (Wildman–Crippen MR) is 50.4 cm³/mol. The molecule has 0 saturated heterocycles. The van der Waals surface area contributed by atoms with Gasteiger partial charge < -0.3 is 14.7 Å². The Morgan fingerprint density at radius 1 is 1.62 bits per heavy atom. The van der Waals surface area contributed by atoms with Gasteiger partial charge in [-0.1, -0.05) is 6.08 Å². The van der Waals surface area contributed by atoms with Crippen molar-refractivity contribution in [2.24, 2.45) is 0 Å². The van der Waals surface area contributed by atoms with Crippen LogP contribution in [0.4, 0.5) is 0 Å². The molecule has 1 N–H and O–H groups in total. The molecule has 0 aromatic heterocycles. The van der Waals surface area contributed by atoms with Crippen LogP contribution in [0.15, 0.2) is 12.7 Å². The third kappa shape index (κ3) is 5.38. The Morgan fingerprint density at radius 3 is 2.77 bits per heavy atom. The van der Waals surface area contributed by atoms with Crippen molar-refractivity contribution >= 4 is 5.91 Å². The molecule has 0 saturated carbocycles. The molecule has 1 amide bonds. The molecule has 4 nitrogen and oxygen atoms in total. The van der Waals surface area contributed by atoms with Crippen LogP contribution in [0.2, 0.25) is 0 Å². The first-order valence-corrected chi connectivity index (χ1v) is 4.24. The highest BCUT2D eigenvalue weighted by Crippen LogP contribution is 1.94. The second kappa shape index (κ2) is 7.76. The summed E-state index contributed by atoms with van der Waals surface area (Å²) >= 11 is 0. The van der Waals surface area contributed by atoms with Gasteiger partial charge in [-0.15, -0.1) is 6.58 Å². The van der Waals surface area contributed by atoms with Crippen LogP contribution >= 0.6 is 0 Å². The number of carbonyl (C=O) groups is 1. The maximum absolute atomic E-state index is 11.3. The van der Waals surface area contributed by atoms with Crippen molar-refractivity contribution in [3.63, 3.8) is 0 Å². The standard InChI is InChI=1S/C9H17NO3/c1-3-4-9(12)10(5-7-11)6-8-13-2/h3,11H,1,4-8H2,2H3. The Hall–Kier alpha value is -0.870. The first-order valence-electron chi connectivity index (χ1n) is 4.24. The van der Waals surface area contributed by atoms with E-state index in [-0.39, 0.29) is 12.5 Å². The molecule has 0 heterocycles. The average Bonchev–Trinajstić information content (AvgIpc) is 2.12. The van der Waals surface area contributed by atoms with Crippen LogP contribution < -0.4 is 0 Å². The summed E-state index contributed by atoms with van der Waals surface area (Å²) in [5.74, 6) is -0.0268. The second-order valence-corrected chi connectivity index (χ2v) is 2.59. The summed E-state index contributed by atoms with van der Waals surface area (Å²) in [7, 11) is 1.58. The van der Waals surface area contributed by atoms with Crippen LogP contribution in [-0.2, 0) is 9.53 Å². The van der Waals surface area contributed by atoms with Gasteiger partial charge >= 0.3 is 0 Å². The number of ether oxygens (including phenoxy) is 1. The number of hydrogen-bond donors (Lipinski definition) is 1. The summed E-state index contributed by atoms with van der Waals surface area (Å²) in [6.45, 7) is 4.82. The molecule has 0 aliphatic carbocycles. The van der Waals surface area contributed by atoms with Gasteiger partial charge in [-0.2, -0.15) is 0 Å². The van der Waals surface area contributed by atoms with Crippen molar-refractivity contribution in [1.29, 1.82) is 0 Å². The Morgan fingerprint density at radius 2 is 2.31 bits per heavy atom. The summed E-state index contributed by atoms with van der Waals surface area (Å²) in [5, 5.41) is 8.69. The highest BCUT2D eigenvalue weighted by Gasteiger charge is 2.09. The zero-order chi connectivity index (χ0) is 10.1. The molecule has 0 aromatic rings. The first-order chi connectivity index (χ1) is 6.26. The lowest BCUT2D eigenvalue weighted by Gasteiger charge is -2.20. The monoisotopic (exact) mass is 187 g/mol. The molecule has 13 heavy (non-hydrogen) atoms. The lowest BCUT2D eigenvalue weighted by atomic mass is 10.3. The lowest BCUT2D eigenvalue weighted by molar-refractivity contribution is -0.131. The van der Waals surface area contributed by atoms with E-state index in [1.54, 1.807) is 18.1 Å². The molecular weight excluding hydrogens is 170 g/mol. The number of nitrogens with zero attached hydrogens (tertiary/aromatic N) is 1. The number of methoxy groups -OCH3 is 1. The van der Waals surface area contributed by atoms with Gasteiger partial charge in [-0.25, -0.2) is 0 Å². The van der Waals surface area contributed by atoms with Crippen molar-refractivity contribution in [2.45, 2.75) is 6.42 Å². The zero-order valence-corrected chi connectivity index (χ0v) is 8.03. The minimum atomic E-state index is -0.0268. The summed E-state index contributed by atoms with van der Waals surface area (Å²) in [6, 6.07) is 0. The lowest BCUT2D eigenvalue weighted by Crippen LogP contribution is -2.35. The van der Waals surface area contributed by atoms with Gasteiger partial charge in [-0.3, -0.25) is 4.79 Å². The van der Waals surface area contributed by atoms with E-state index in [1.165, 1.54) is 0 Å². The molecule has 0 unspecified atom stereocenters. The Labute approximate surface area is 78.8 Å². The minimum absolute atomic E-state index is 0.0212. The van der Waals surface area contributed by atoms with Crippen molar-refractivity contribution in [3.05, 3.63) is 12.7 Å². The van der Waals surface area contributed by atoms with Crippen molar-refractivity contribution in [1.82, 2.24) is 4.90 Å². The van der Waals surface area contributed by atoms with E-state index in [2.05, 4.69) is 6.58 Å². The van der Waals surface area contributed by atoms with E-state index < -0.39 is 0 Å². The summed E-state index contributed by atoms with van der Waals surface area (Å²) < 4.78 is 4.85.